The van der Waals surface area contributed by atoms with Gasteiger partial charge in [-0.25, -0.2) is 9.59 Å². The molecule has 164 valence electrons. The second kappa shape index (κ2) is 8.04. The quantitative estimate of drug-likeness (QED) is 0.458. The number of nitriles is 1. The van der Waals surface area contributed by atoms with E-state index in [0.717, 1.165) is 27.6 Å². The normalized spacial score (nSPS) is 13.3. The maximum Gasteiger partial charge on any atom is 0.330 e. The van der Waals surface area contributed by atoms with Gasteiger partial charge in [-0.05, 0) is 62.6 Å². The van der Waals surface area contributed by atoms with Gasteiger partial charge in [-0.2, -0.15) is 5.26 Å². The van der Waals surface area contributed by atoms with Gasteiger partial charge in [0, 0.05) is 22.7 Å². The summed E-state index contributed by atoms with van der Waals surface area (Å²) < 4.78 is 2.98. The van der Waals surface area contributed by atoms with E-state index in [1.165, 1.54) is 4.57 Å². The number of aromatic amines is 1. The molecule has 0 fully saturated rings. The van der Waals surface area contributed by atoms with Crippen molar-refractivity contribution in [2.75, 3.05) is 0 Å². The van der Waals surface area contributed by atoms with Gasteiger partial charge in [0.25, 0.3) is 0 Å². The van der Waals surface area contributed by atoms with Crippen LogP contribution >= 0.6 is 0 Å². The highest BCUT2D eigenvalue weighted by atomic mass is 16.4. The van der Waals surface area contributed by atoms with Crippen molar-refractivity contribution in [2.45, 2.75) is 52.6 Å². The first-order chi connectivity index (χ1) is 15.3. The molecule has 0 aliphatic carbocycles. The zero-order chi connectivity index (χ0) is 23.2. The van der Waals surface area contributed by atoms with E-state index in [-0.39, 0.29) is 11.7 Å². The van der Waals surface area contributed by atoms with Crippen LogP contribution in [-0.2, 0) is 4.79 Å². The molecule has 2 aromatic heterocycles. The van der Waals surface area contributed by atoms with Gasteiger partial charge in [0.1, 0.15) is 6.04 Å². The third kappa shape index (κ3) is 3.28. The minimum atomic E-state index is -1.05. The van der Waals surface area contributed by atoms with E-state index in [4.69, 9.17) is 0 Å². The third-order valence-electron chi connectivity index (χ3n) is 6.18. The topological polar surface area (TPSA) is 104 Å². The molecule has 0 aliphatic heterocycles. The van der Waals surface area contributed by atoms with Crippen LogP contribution in [0.25, 0.3) is 21.9 Å². The van der Waals surface area contributed by atoms with Crippen LogP contribution in [0.15, 0.2) is 41.3 Å². The highest BCUT2D eigenvalue weighted by Crippen LogP contribution is 2.32. The van der Waals surface area contributed by atoms with Gasteiger partial charge in [0.2, 0.25) is 0 Å². The fraction of sp³-hybridized carbons (Fsp3) is 0.320. The lowest BCUT2D eigenvalue weighted by Crippen LogP contribution is -2.32. The summed E-state index contributed by atoms with van der Waals surface area (Å²) in [4.78, 5) is 29.1. The van der Waals surface area contributed by atoms with Gasteiger partial charge in [0.05, 0.1) is 28.7 Å². The number of imidazole rings is 1. The molecule has 2 aromatic carbocycles. The number of hydrogen-bond donors (Lipinski definition) is 2. The van der Waals surface area contributed by atoms with Crippen molar-refractivity contribution in [2.24, 2.45) is 0 Å². The number of nitrogens with one attached hydrogen (secondary N) is 1. The number of aryl methyl sites for hydroxylation is 2. The fourth-order valence-corrected chi connectivity index (χ4v) is 4.78. The standard InChI is InChI=1S/C25H26N4O3/c1-5-6-21(24(30)31)29-22-11-17(12-26)7-8-20(22)28(25(29)32)16(4)18-13-27-19-10-14(2)9-15(3)23(18)19/h7-11,13,16,21,27H,5-6H2,1-4H3,(H,30,31)/t16?,21-/m0/s1. The molecule has 4 rings (SSSR count). The number of H-pyrrole nitrogens is 1. The first kappa shape index (κ1) is 21.4. The molecule has 2 heterocycles. The first-order valence-electron chi connectivity index (χ1n) is 10.8. The van der Waals surface area contributed by atoms with E-state index in [2.05, 4.69) is 23.2 Å². The molecule has 2 N–H and O–H groups in total. The smallest absolute Gasteiger partial charge is 0.330 e. The predicted octanol–water partition coefficient (Wildman–Crippen LogP) is 4.81. The number of hydrogen-bond acceptors (Lipinski definition) is 3. The fourth-order valence-electron chi connectivity index (χ4n) is 4.78. The van der Waals surface area contributed by atoms with E-state index >= 15 is 0 Å². The van der Waals surface area contributed by atoms with E-state index in [1.54, 1.807) is 22.8 Å². The highest BCUT2D eigenvalue weighted by molar-refractivity contribution is 5.88. The van der Waals surface area contributed by atoms with Crippen LogP contribution in [0.2, 0.25) is 0 Å². The number of aromatic nitrogens is 3. The Balaban J connectivity index is 2.02. The van der Waals surface area contributed by atoms with Crippen LogP contribution in [0, 0.1) is 25.2 Å². The van der Waals surface area contributed by atoms with E-state index in [9.17, 15) is 20.0 Å². The molecule has 2 atom stereocenters. The number of nitrogens with zero attached hydrogens (tertiary/aromatic N) is 3. The zero-order valence-corrected chi connectivity index (χ0v) is 18.6. The number of rotatable bonds is 6. The Hall–Kier alpha value is -3.79. The second-order valence-corrected chi connectivity index (χ2v) is 8.40. The molecule has 32 heavy (non-hydrogen) atoms. The number of carboxylic acids is 1. The number of fused-ring (bicyclic) bond motifs is 2. The first-order valence-corrected chi connectivity index (χ1v) is 10.8. The van der Waals surface area contributed by atoms with Crippen molar-refractivity contribution in [3.63, 3.8) is 0 Å². The molecule has 4 aromatic rings. The summed E-state index contributed by atoms with van der Waals surface area (Å²) >= 11 is 0. The lowest BCUT2D eigenvalue weighted by atomic mass is 10.0. The Morgan fingerprint density at radius 1 is 1.19 bits per heavy atom. The van der Waals surface area contributed by atoms with Gasteiger partial charge in [-0.15, -0.1) is 0 Å². The van der Waals surface area contributed by atoms with Crippen LogP contribution in [-0.4, -0.2) is 25.2 Å². The monoisotopic (exact) mass is 430 g/mol. The van der Waals surface area contributed by atoms with Crippen molar-refractivity contribution >= 4 is 27.9 Å². The molecule has 0 saturated carbocycles. The van der Waals surface area contributed by atoms with Gasteiger partial charge < -0.3 is 10.1 Å². The van der Waals surface area contributed by atoms with Crippen LogP contribution in [0.3, 0.4) is 0 Å². The number of carbonyl (C=O) groups is 1. The Bertz CT molecular complexity index is 1450. The minimum Gasteiger partial charge on any atom is -0.480 e. The van der Waals surface area contributed by atoms with Crippen molar-refractivity contribution in [1.82, 2.24) is 14.1 Å². The van der Waals surface area contributed by atoms with Gasteiger partial charge in [-0.1, -0.05) is 19.4 Å². The van der Waals surface area contributed by atoms with Crippen molar-refractivity contribution in [3.05, 3.63) is 69.3 Å². The Labute approximate surface area is 185 Å². The number of benzene rings is 2. The summed E-state index contributed by atoms with van der Waals surface area (Å²) in [7, 11) is 0. The van der Waals surface area contributed by atoms with Gasteiger partial charge in [-0.3, -0.25) is 9.13 Å². The second-order valence-electron chi connectivity index (χ2n) is 8.40. The maximum atomic E-state index is 13.7. The summed E-state index contributed by atoms with van der Waals surface area (Å²) in [5.41, 5.74) is 5.31. The van der Waals surface area contributed by atoms with Crippen LogP contribution in [0.1, 0.15) is 61.0 Å². The molecule has 0 spiro atoms. The molecule has 0 radical (unpaired) electrons. The molecule has 7 heteroatoms. The zero-order valence-electron chi connectivity index (χ0n) is 18.6. The van der Waals surface area contributed by atoms with Gasteiger partial charge >= 0.3 is 11.7 Å². The molecule has 0 aliphatic rings. The SMILES string of the molecule is CCC[C@@H](C(=O)O)n1c(=O)n(C(C)c2c[nH]c3cc(C)cc(C)c23)c2ccc(C#N)cc21. The van der Waals surface area contributed by atoms with Gasteiger partial charge in [0.15, 0.2) is 0 Å². The molecular formula is C25H26N4O3. The lowest BCUT2D eigenvalue weighted by molar-refractivity contribution is -0.141. The Morgan fingerprint density at radius 2 is 1.94 bits per heavy atom. The van der Waals surface area contributed by atoms with Crippen LogP contribution in [0.4, 0.5) is 0 Å². The van der Waals surface area contributed by atoms with E-state index < -0.39 is 12.0 Å². The Kier molecular flexibility index (Phi) is 5.39. The van der Waals surface area contributed by atoms with Crippen molar-refractivity contribution in [3.8, 4) is 6.07 Å². The van der Waals surface area contributed by atoms with Crippen LogP contribution < -0.4 is 5.69 Å². The van der Waals surface area contributed by atoms with E-state index in [1.807, 2.05) is 33.9 Å². The summed E-state index contributed by atoms with van der Waals surface area (Å²) in [6, 6.07) is 9.94. The predicted molar refractivity (Wildman–Crippen MR) is 124 cm³/mol. The summed E-state index contributed by atoms with van der Waals surface area (Å²) in [6.45, 7) is 7.93. The number of aliphatic carboxylic acids is 1. The molecule has 0 amide bonds. The van der Waals surface area contributed by atoms with Crippen molar-refractivity contribution < 1.29 is 9.90 Å². The van der Waals surface area contributed by atoms with Crippen LogP contribution in [0.5, 0.6) is 0 Å². The largest absolute Gasteiger partial charge is 0.480 e. The van der Waals surface area contributed by atoms with E-state index in [0.29, 0.717) is 29.4 Å². The Morgan fingerprint density at radius 3 is 2.59 bits per heavy atom. The number of carboxylic acid groups (broad SMARTS) is 1. The molecule has 7 nitrogen and oxygen atoms in total. The minimum absolute atomic E-state index is 0.324. The lowest BCUT2D eigenvalue weighted by Gasteiger charge is -2.15. The molecule has 1 unspecified atom stereocenters. The molecule has 0 saturated heterocycles. The molecule has 0 bridgehead atoms. The molecular weight excluding hydrogens is 404 g/mol. The summed E-state index contributed by atoms with van der Waals surface area (Å²) in [6.07, 6.45) is 2.86. The average molecular weight is 431 g/mol. The third-order valence-corrected chi connectivity index (χ3v) is 6.18. The summed E-state index contributed by atoms with van der Waals surface area (Å²) in [5, 5.41) is 20.3. The average Bonchev–Trinajstić information content (AvgIpc) is 3.29. The van der Waals surface area contributed by atoms with Crippen molar-refractivity contribution in [1.29, 1.82) is 5.26 Å². The maximum absolute atomic E-state index is 13.7. The summed E-state index contributed by atoms with van der Waals surface area (Å²) in [5.74, 6) is -1.05. The highest BCUT2D eigenvalue weighted by Gasteiger charge is 2.28.